The van der Waals surface area contributed by atoms with E-state index in [1.165, 1.54) is 32.1 Å². The lowest BCUT2D eigenvalue weighted by molar-refractivity contribution is 0.0978. The maximum atomic E-state index is 11.9. The van der Waals surface area contributed by atoms with Crippen molar-refractivity contribution in [3.63, 3.8) is 0 Å². The highest BCUT2D eigenvalue weighted by molar-refractivity contribution is 5.96. The van der Waals surface area contributed by atoms with Crippen LogP contribution in [0.2, 0.25) is 0 Å². The van der Waals surface area contributed by atoms with E-state index in [1.54, 1.807) is 4.68 Å². The summed E-state index contributed by atoms with van der Waals surface area (Å²) < 4.78 is 1.71. The second-order valence-corrected chi connectivity index (χ2v) is 4.74. The Hall–Kier alpha value is -1.12. The lowest BCUT2D eigenvalue weighted by atomic mass is 10.0. The fourth-order valence-corrected chi connectivity index (χ4v) is 2.07. The van der Waals surface area contributed by atoms with E-state index in [9.17, 15) is 4.79 Å². The summed E-state index contributed by atoms with van der Waals surface area (Å²) in [6.45, 7) is 4.11. The summed E-state index contributed by atoms with van der Waals surface area (Å²) in [6.07, 6.45) is 9.82. The zero-order valence-electron chi connectivity index (χ0n) is 11.3. The number of rotatable bonds is 8. The van der Waals surface area contributed by atoms with Crippen LogP contribution in [0.3, 0.4) is 0 Å². The largest absolute Gasteiger partial charge is 0.294 e. The van der Waals surface area contributed by atoms with Gasteiger partial charge in [-0.25, -0.2) is 0 Å². The Kier molecular flexibility index (Phi) is 5.95. The van der Waals surface area contributed by atoms with E-state index >= 15 is 0 Å². The molecule has 1 aromatic heterocycles. The smallest absolute Gasteiger partial charge is 0.166 e. The minimum atomic E-state index is 0.242. The number of aryl methyl sites for hydroxylation is 2. The first-order chi connectivity index (χ1) is 8.15. The molecule has 0 aliphatic heterocycles. The molecule has 0 radical (unpaired) electrons. The Morgan fingerprint density at radius 1 is 1.24 bits per heavy atom. The summed E-state index contributed by atoms with van der Waals surface area (Å²) in [6, 6.07) is 0. The van der Waals surface area contributed by atoms with Crippen LogP contribution in [0.4, 0.5) is 0 Å². The number of carbonyl (C=O) groups excluding carboxylic acids is 1. The van der Waals surface area contributed by atoms with Crippen LogP contribution < -0.4 is 0 Å². The molecule has 0 aliphatic rings. The first kappa shape index (κ1) is 13.9. The van der Waals surface area contributed by atoms with Gasteiger partial charge in [0.2, 0.25) is 0 Å². The monoisotopic (exact) mass is 236 g/mol. The van der Waals surface area contributed by atoms with Crippen LogP contribution in [0, 0.1) is 6.92 Å². The molecule has 3 heteroatoms. The second kappa shape index (κ2) is 7.25. The molecule has 0 N–H and O–H groups in total. The van der Waals surface area contributed by atoms with Crippen LogP contribution in [-0.2, 0) is 7.05 Å². The standard InChI is InChI=1S/C14H24N2O/c1-4-5-6-7-8-9-10-14(17)13-11-16(3)15-12(13)2/h11H,4-10H2,1-3H3. The van der Waals surface area contributed by atoms with Crippen molar-refractivity contribution in [3.8, 4) is 0 Å². The molecular weight excluding hydrogens is 212 g/mol. The molecule has 96 valence electrons. The van der Waals surface area contributed by atoms with Crippen molar-refractivity contribution in [2.75, 3.05) is 0 Å². The summed E-state index contributed by atoms with van der Waals surface area (Å²) in [4.78, 5) is 11.9. The van der Waals surface area contributed by atoms with Crippen LogP contribution in [-0.4, -0.2) is 15.6 Å². The van der Waals surface area contributed by atoms with Gasteiger partial charge in [-0.15, -0.1) is 0 Å². The van der Waals surface area contributed by atoms with Gasteiger partial charge in [-0.3, -0.25) is 9.48 Å². The lowest BCUT2D eigenvalue weighted by Crippen LogP contribution is -1.99. The molecule has 17 heavy (non-hydrogen) atoms. The number of carbonyl (C=O) groups is 1. The molecule has 0 aromatic carbocycles. The highest BCUT2D eigenvalue weighted by Gasteiger charge is 2.11. The zero-order chi connectivity index (χ0) is 12.7. The molecule has 1 rings (SSSR count). The highest BCUT2D eigenvalue weighted by Crippen LogP contribution is 2.12. The van der Waals surface area contributed by atoms with Crippen LogP contribution >= 0.6 is 0 Å². The topological polar surface area (TPSA) is 34.9 Å². The van der Waals surface area contributed by atoms with Gasteiger partial charge in [-0.2, -0.15) is 5.10 Å². The van der Waals surface area contributed by atoms with E-state index in [0.717, 1.165) is 17.7 Å². The Labute approximate surface area is 104 Å². The molecule has 1 aromatic rings. The molecule has 0 spiro atoms. The molecule has 0 bridgehead atoms. The van der Waals surface area contributed by atoms with E-state index in [-0.39, 0.29) is 5.78 Å². The molecule has 0 amide bonds. The lowest BCUT2D eigenvalue weighted by Gasteiger charge is -2.00. The average molecular weight is 236 g/mol. The van der Waals surface area contributed by atoms with Crippen LogP contribution in [0.25, 0.3) is 0 Å². The van der Waals surface area contributed by atoms with Crippen LogP contribution in [0.5, 0.6) is 0 Å². The highest BCUT2D eigenvalue weighted by atomic mass is 16.1. The first-order valence-electron chi connectivity index (χ1n) is 6.68. The van der Waals surface area contributed by atoms with E-state index in [0.29, 0.717) is 6.42 Å². The Balaban J connectivity index is 2.23. The Bertz CT molecular complexity index is 355. The fourth-order valence-electron chi connectivity index (χ4n) is 2.07. The van der Waals surface area contributed by atoms with E-state index in [1.807, 2.05) is 20.2 Å². The quantitative estimate of drug-likeness (QED) is 0.510. The third-order valence-corrected chi connectivity index (χ3v) is 3.07. The third-order valence-electron chi connectivity index (χ3n) is 3.07. The third kappa shape index (κ3) is 4.72. The van der Waals surface area contributed by atoms with Crippen molar-refractivity contribution in [3.05, 3.63) is 17.5 Å². The molecular formula is C14H24N2O. The molecule has 0 fully saturated rings. The van der Waals surface area contributed by atoms with Gasteiger partial charge in [-0.05, 0) is 13.3 Å². The molecule has 0 unspecified atom stereocenters. The van der Waals surface area contributed by atoms with Gasteiger partial charge >= 0.3 is 0 Å². The van der Waals surface area contributed by atoms with E-state index < -0.39 is 0 Å². The minimum Gasteiger partial charge on any atom is -0.294 e. The van der Waals surface area contributed by atoms with E-state index in [2.05, 4.69) is 12.0 Å². The minimum absolute atomic E-state index is 0.242. The average Bonchev–Trinajstić information content (AvgIpc) is 2.62. The Morgan fingerprint density at radius 2 is 1.88 bits per heavy atom. The number of Topliss-reactive ketones (excluding diaryl/α,β-unsaturated/α-hetero) is 1. The number of ketones is 1. The molecule has 3 nitrogen and oxygen atoms in total. The summed E-state index contributed by atoms with van der Waals surface area (Å²) >= 11 is 0. The van der Waals surface area contributed by atoms with Gasteiger partial charge in [0, 0.05) is 19.7 Å². The second-order valence-electron chi connectivity index (χ2n) is 4.74. The number of hydrogen-bond acceptors (Lipinski definition) is 2. The van der Waals surface area contributed by atoms with Gasteiger partial charge in [0.15, 0.2) is 5.78 Å². The number of hydrogen-bond donors (Lipinski definition) is 0. The van der Waals surface area contributed by atoms with Crippen LogP contribution in [0.15, 0.2) is 6.20 Å². The van der Waals surface area contributed by atoms with Gasteiger partial charge in [0.25, 0.3) is 0 Å². The number of aromatic nitrogens is 2. The van der Waals surface area contributed by atoms with Gasteiger partial charge in [0.1, 0.15) is 0 Å². The van der Waals surface area contributed by atoms with Crippen molar-refractivity contribution < 1.29 is 4.79 Å². The molecule has 0 saturated heterocycles. The van der Waals surface area contributed by atoms with Crippen molar-refractivity contribution in [2.24, 2.45) is 7.05 Å². The first-order valence-corrected chi connectivity index (χ1v) is 6.68. The Morgan fingerprint density at radius 3 is 2.47 bits per heavy atom. The summed E-state index contributed by atoms with van der Waals surface area (Å²) in [5, 5.41) is 4.20. The summed E-state index contributed by atoms with van der Waals surface area (Å²) in [5.74, 6) is 0.242. The summed E-state index contributed by atoms with van der Waals surface area (Å²) in [5.41, 5.74) is 1.64. The molecule has 0 aliphatic carbocycles. The predicted octanol–water partition coefficient (Wildman–Crippen LogP) is 3.66. The maximum Gasteiger partial charge on any atom is 0.166 e. The van der Waals surface area contributed by atoms with Gasteiger partial charge in [-0.1, -0.05) is 39.0 Å². The van der Waals surface area contributed by atoms with Gasteiger partial charge in [0.05, 0.1) is 11.3 Å². The maximum absolute atomic E-state index is 11.9. The van der Waals surface area contributed by atoms with Crippen LogP contribution in [0.1, 0.15) is 67.9 Å². The molecule has 0 atom stereocenters. The number of unbranched alkanes of at least 4 members (excludes halogenated alkanes) is 5. The molecule has 0 saturated carbocycles. The van der Waals surface area contributed by atoms with Crippen molar-refractivity contribution in [1.82, 2.24) is 9.78 Å². The predicted molar refractivity (Wildman–Crippen MR) is 70.3 cm³/mol. The van der Waals surface area contributed by atoms with Crippen molar-refractivity contribution >= 4 is 5.78 Å². The fraction of sp³-hybridized carbons (Fsp3) is 0.714. The van der Waals surface area contributed by atoms with Crippen molar-refractivity contribution in [2.45, 2.75) is 58.8 Å². The van der Waals surface area contributed by atoms with E-state index in [4.69, 9.17) is 0 Å². The molecule has 1 heterocycles. The summed E-state index contributed by atoms with van der Waals surface area (Å²) in [7, 11) is 1.86. The van der Waals surface area contributed by atoms with Crippen molar-refractivity contribution in [1.29, 1.82) is 0 Å². The SMILES string of the molecule is CCCCCCCCC(=O)c1cn(C)nc1C. The number of nitrogens with zero attached hydrogens (tertiary/aromatic N) is 2. The van der Waals surface area contributed by atoms with Gasteiger partial charge < -0.3 is 0 Å². The zero-order valence-corrected chi connectivity index (χ0v) is 11.3. The normalized spacial score (nSPS) is 10.8.